The van der Waals surface area contributed by atoms with Crippen molar-refractivity contribution in [3.63, 3.8) is 0 Å². The quantitative estimate of drug-likeness (QED) is 0.820. The fraction of sp³-hybridized carbons (Fsp3) is 0.571. The second kappa shape index (κ2) is 6.14. The van der Waals surface area contributed by atoms with E-state index < -0.39 is 9.84 Å². The van der Waals surface area contributed by atoms with Gasteiger partial charge in [-0.15, -0.1) is 11.6 Å². The number of halogens is 1. The van der Waals surface area contributed by atoms with Gasteiger partial charge in [-0.3, -0.25) is 0 Å². The lowest BCUT2D eigenvalue weighted by Gasteiger charge is -2.31. The van der Waals surface area contributed by atoms with E-state index in [0.29, 0.717) is 28.3 Å². The van der Waals surface area contributed by atoms with Gasteiger partial charge in [0.05, 0.1) is 16.3 Å². The maximum absolute atomic E-state index is 12.2. The molecule has 0 heterocycles. The van der Waals surface area contributed by atoms with Crippen LogP contribution in [0.4, 0.5) is 5.69 Å². The highest BCUT2D eigenvalue weighted by Gasteiger charge is 2.27. The molecule has 0 atom stereocenters. The summed E-state index contributed by atoms with van der Waals surface area (Å²) < 4.78 is 24.3. The SMILES string of the molecule is CCCS(=O)(=O)c1ccccc1NCC1CC(Cl)C1. The van der Waals surface area contributed by atoms with Crippen molar-refractivity contribution in [2.45, 2.75) is 36.5 Å². The Kier molecular flexibility index (Phi) is 4.74. The summed E-state index contributed by atoms with van der Waals surface area (Å²) >= 11 is 5.95. The van der Waals surface area contributed by atoms with E-state index in [-0.39, 0.29) is 5.75 Å². The van der Waals surface area contributed by atoms with E-state index in [0.717, 1.165) is 19.4 Å². The van der Waals surface area contributed by atoms with Crippen LogP contribution in [0, 0.1) is 5.92 Å². The molecule has 2 rings (SSSR count). The van der Waals surface area contributed by atoms with Gasteiger partial charge in [0.15, 0.2) is 9.84 Å². The van der Waals surface area contributed by atoms with E-state index in [1.165, 1.54) is 0 Å². The van der Waals surface area contributed by atoms with Crippen LogP contribution in [0.25, 0.3) is 0 Å². The molecule has 0 unspecified atom stereocenters. The minimum absolute atomic E-state index is 0.193. The van der Waals surface area contributed by atoms with Gasteiger partial charge in [-0.05, 0) is 37.3 Å². The lowest BCUT2D eigenvalue weighted by Crippen LogP contribution is -2.30. The number of rotatable bonds is 6. The van der Waals surface area contributed by atoms with Gasteiger partial charge in [-0.2, -0.15) is 0 Å². The van der Waals surface area contributed by atoms with E-state index >= 15 is 0 Å². The van der Waals surface area contributed by atoms with Crippen LogP contribution >= 0.6 is 11.6 Å². The van der Waals surface area contributed by atoms with Crippen LogP contribution in [-0.4, -0.2) is 26.1 Å². The molecule has 1 fully saturated rings. The predicted octanol–water partition coefficient (Wildman–Crippen LogP) is 3.30. The molecule has 0 aromatic heterocycles. The second-order valence-electron chi connectivity index (χ2n) is 5.13. The molecule has 1 aliphatic carbocycles. The van der Waals surface area contributed by atoms with E-state index in [1.807, 2.05) is 19.1 Å². The summed E-state index contributed by atoms with van der Waals surface area (Å²) in [5.41, 5.74) is 0.717. The number of hydrogen-bond donors (Lipinski definition) is 1. The molecule has 1 aromatic rings. The molecular formula is C14H20ClNO2S. The number of hydrogen-bond acceptors (Lipinski definition) is 3. The van der Waals surface area contributed by atoms with Gasteiger partial charge in [-0.25, -0.2) is 8.42 Å². The van der Waals surface area contributed by atoms with E-state index in [9.17, 15) is 8.42 Å². The van der Waals surface area contributed by atoms with Crippen LogP contribution in [0.15, 0.2) is 29.2 Å². The summed E-state index contributed by atoms with van der Waals surface area (Å²) in [5.74, 6) is 0.753. The first-order valence-corrected chi connectivity index (χ1v) is 8.81. The Morgan fingerprint density at radius 1 is 1.32 bits per heavy atom. The van der Waals surface area contributed by atoms with Gasteiger partial charge in [-0.1, -0.05) is 19.1 Å². The van der Waals surface area contributed by atoms with Crippen molar-refractivity contribution < 1.29 is 8.42 Å². The molecule has 0 aliphatic heterocycles. The van der Waals surface area contributed by atoms with E-state index in [4.69, 9.17) is 11.6 Å². The first kappa shape index (κ1) is 14.7. The number of benzene rings is 1. The van der Waals surface area contributed by atoms with Crippen LogP contribution in [-0.2, 0) is 9.84 Å². The lowest BCUT2D eigenvalue weighted by atomic mass is 9.85. The van der Waals surface area contributed by atoms with Crippen LogP contribution in [0.1, 0.15) is 26.2 Å². The topological polar surface area (TPSA) is 46.2 Å². The number of sulfone groups is 1. The zero-order valence-electron chi connectivity index (χ0n) is 11.1. The monoisotopic (exact) mass is 301 g/mol. The summed E-state index contributed by atoms with van der Waals surface area (Å²) in [6.45, 7) is 2.67. The molecule has 19 heavy (non-hydrogen) atoms. The van der Waals surface area contributed by atoms with Gasteiger partial charge in [0.2, 0.25) is 0 Å². The Morgan fingerprint density at radius 2 is 2.00 bits per heavy atom. The van der Waals surface area contributed by atoms with Gasteiger partial charge >= 0.3 is 0 Å². The van der Waals surface area contributed by atoms with Crippen molar-refractivity contribution >= 4 is 27.1 Å². The first-order valence-electron chi connectivity index (χ1n) is 6.72. The van der Waals surface area contributed by atoms with Crippen LogP contribution < -0.4 is 5.32 Å². The van der Waals surface area contributed by atoms with E-state index in [1.54, 1.807) is 12.1 Å². The Labute approximate surface area is 120 Å². The molecule has 0 bridgehead atoms. The lowest BCUT2D eigenvalue weighted by molar-refractivity contribution is 0.341. The second-order valence-corrected chi connectivity index (χ2v) is 7.83. The molecule has 1 saturated carbocycles. The normalized spacial score (nSPS) is 22.8. The molecule has 1 N–H and O–H groups in total. The Bertz CT molecular complexity index is 524. The van der Waals surface area contributed by atoms with Crippen molar-refractivity contribution in [3.05, 3.63) is 24.3 Å². The maximum atomic E-state index is 12.2. The largest absolute Gasteiger partial charge is 0.384 e. The molecule has 106 valence electrons. The molecule has 0 saturated heterocycles. The molecule has 3 nitrogen and oxygen atoms in total. The Hall–Kier alpha value is -0.740. The fourth-order valence-electron chi connectivity index (χ4n) is 2.34. The number of nitrogens with one attached hydrogen (secondary N) is 1. The number of alkyl halides is 1. The smallest absolute Gasteiger partial charge is 0.180 e. The summed E-state index contributed by atoms with van der Waals surface area (Å²) in [6.07, 6.45) is 2.66. The molecule has 1 aromatic carbocycles. The van der Waals surface area contributed by atoms with Crippen molar-refractivity contribution in [1.29, 1.82) is 0 Å². The minimum Gasteiger partial charge on any atom is -0.384 e. The minimum atomic E-state index is -3.18. The predicted molar refractivity (Wildman–Crippen MR) is 79.6 cm³/mol. The third-order valence-electron chi connectivity index (χ3n) is 3.45. The highest BCUT2D eigenvalue weighted by molar-refractivity contribution is 7.91. The Balaban J connectivity index is 2.08. The molecular weight excluding hydrogens is 282 g/mol. The first-order chi connectivity index (χ1) is 9.03. The van der Waals surface area contributed by atoms with Gasteiger partial charge in [0, 0.05) is 11.9 Å². The molecule has 1 aliphatic rings. The summed E-state index contributed by atoms with van der Waals surface area (Å²) in [5, 5.41) is 3.56. The number of anilines is 1. The standard InChI is InChI=1S/C14H20ClNO2S/c1-2-7-19(17,18)14-6-4-3-5-13(14)16-10-11-8-12(15)9-11/h3-6,11-12,16H,2,7-10H2,1H3. The van der Waals surface area contributed by atoms with Gasteiger partial charge in [0.25, 0.3) is 0 Å². The van der Waals surface area contributed by atoms with Gasteiger partial charge < -0.3 is 5.32 Å². The van der Waals surface area contributed by atoms with Crippen molar-refractivity contribution in [2.75, 3.05) is 17.6 Å². The van der Waals surface area contributed by atoms with Crippen LogP contribution in [0.3, 0.4) is 0 Å². The maximum Gasteiger partial charge on any atom is 0.180 e. The van der Waals surface area contributed by atoms with Crippen molar-refractivity contribution in [2.24, 2.45) is 5.92 Å². The molecule has 0 spiro atoms. The average Bonchev–Trinajstić information content (AvgIpc) is 2.33. The van der Waals surface area contributed by atoms with Gasteiger partial charge in [0.1, 0.15) is 0 Å². The highest BCUT2D eigenvalue weighted by atomic mass is 35.5. The molecule has 0 radical (unpaired) electrons. The fourth-order valence-corrected chi connectivity index (χ4v) is 4.36. The third kappa shape index (κ3) is 3.63. The number of para-hydroxylation sites is 1. The zero-order chi connectivity index (χ0) is 13.9. The molecule has 0 amide bonds. The van der Waals surface area contributed by atoms with Crippen LogP contribution in [0.2, 0.25) is 0 Å². The Morgan fingerprint density at radius 3 is 2.63 bits per heavy atom. The van der Waals surface area contributed by atoms with Crippen molar-refractivity contribution in [3.8, 4) is 0 Å². The zero-order valence-corrected chi connectivity index (χ0v) is 12.7. The van der Waals surface area contributed by atoms with Crippen LogP contribution in [0.5, 0.6) is 0 Å². The summed E-state index contributed by atoms with van der Waals surface area (Å²) in [4.78, 5) is 0.415. The molecule has 5 heteroatoms. The summed E-state index contributed by atoms with van der Waals surface area (Å²) in [6, 6.07) is 7.14. The average molecular weight is 302 g/mol. The van der Waals surface area contributed by atoms with Crippen molar-refractivity contribution in [1.82, 2.24) is 0 Å². The highest BCUT2D eigenvalue weighted by Crippen LogP contribution is 2.32. The summed E-state index contributed by atoms with van der Waals surface area (Å²) in [7, 11) is -3.18. The van der Waals surface area contributed by atoms with E-state index in [2.05, 4.69) is 5.32 Å². The third-order valence-corrected chi connectivity index (χ3v) is 5.78.